The Morgan fingerprint density at radius 1 is 1.13 bits per heavy atom. The number of amides is 1. The molecule has 0 spiro atoms. The average molecular weight is 678 g/mol. The number of carbonyl (C=O) groups is 2. The van der Waals surface area contributed by atoms with Crippen molar-refractivity contribution in [3.05, 3.63) is 99.0 Å². The van der Waals surface area contributed by atoms with Gasteiger partial charge in [0.2, 0.25) is 0 Å². The van der Waals surface area contributed by atoms with Gasteiger partial charge in [-0.15, -0.1) is 0 Å². The molecule has 1 aliphatic heterocycles. The maximum Gasteiger partial charge on any atom is 0.337 e. The highest BCUT2D eigenvalue weighted by atomic mass is 35.5. The number of nitrogens with zero attached hydrogens (tertiary/aromatic N) is 2. The standard InChI is InChI=1S/C33H35Cl2FN2O6S/c1-32(2,3)45(42,43)18-27(19-8-9-19)38-28(20-11-13-25(35)26(36)15-20)29(21-6-5-7-23(34)14-21)44-33(4,31(38)41)16-24-12-10-22(17-37-24)30(39)40/h5-7,10-15,17,19,27-29H,8-9,16,18H2,1-4H3,(H,39,40)/t27-,28?,29-,33?/m1/s1. The van der Waals surface area contributed by atoms with Crippen LogP contribution in [0.15, 0.2) is 60.8 Å². The van der Waals surface area contributed by atoms with Crippen LogP contribution >= 0.6 is 23.2 Å². The molecular weight excluding hydrogens is 642 g/mol. The van der Waals surface area contributed by atoms with Gasteiger partial charge in [0.1, 0.15) is 11.9 Å². The number of morpholine rings is 1. The highest BCUT2D eigenvalue weighted by Crippen LogP contribution is 2.51. The summed E-state index contributed by atoms with van der Waals surface area (Å²) in [6.45, 7) is 6.51. The van der Waals surface area contributed by atoms with Crippen molar-refractivity contribution >= 4 is 44.9 Å². The van der Waals surface area contributed by atoms with E-state index in [1.54, 1.807) is 62.9 Å². The molecule has 240 valence electrons. The Kier molecular flexibility index (Phi) is 9.09. The van der Waals surface area contributed by atoms with E-state index in [0.717, 1.165) is 12.8 Å². The smallest absolute Gasteiger partial charge is 0.337 e. The Bertz CT molecular complexity index is 1730. The van der Waals surface area contributed by atoms with Gasteiger partial charge in [0, 0.05) is 29.4 Å². The van der Waals surface area contributed by atoms with Gasteiger partial charge in [-0.3, -0.25) is 9.78 Å². The number of benzene rings is 2. The van der Waals surface area contributed by atoms with Gasteiger partial charge in [-0.05, 0) is 94.0 Å². The summed E-state index contributed by atoms with van der Waals surface area (Å²) in [6, 6.07) is 12.5. The minimum Gasteiger partial charge on any atom is -0.478 e. The van der Waals surface area contributed by atoms with Crippen LogP contribution in [0.1, 0.15) is 79.9 Å². The van der Waals surface area contributed by atoms with Gasteiger partial charge >= 0.3 is 5.97 Å². The zero-order chi connectivity index (χ0) is 32.9. The van der Waals surface area contributed by atoms with Crippen molar-refractivity contribution in [3.8, 4) is 0 Å². The summed E-state index contributed by atoms with van der Waals surface area (Å²) in [5.74, 6) is -2.69. The van der Waals surface area contributed by atoms with Crippen LogP contribution in [-0.2, 0) is 25.8 Å². The molecule has 1 N–H and O–H groups in total. The summed E-state index contributed by atoms with van der Waals surface area (Å²) in [5, 5.41) is 9.65. The minimum absolute atomic E-state index is 0.00997. The number of sulfone groups is 1. The predicted octanol–water partition coefficient (Wildman–Crippen LogP) is 6.86. The van der Waals surface area contributed by atoms with Crippen LogP contribution < -0.4 is 0 Å². The molecule has 2 fully saturated rings. The number of rotatable bonds is 9. The van der Waals surface area contributed by atoms with Crippen LogP contribution in [0.3, 0.4) is 0 Å². The van der Waals surface area contributed by atoms with E-state index >= 15 is 4.39 Å². The van der Waals surface area contributed by atoms with Crippen molar-refractivity contribution in [3.63, 3.8) is 0 Å². The Morgan fingerprint density at radius 3 is 2.40 bits per heavy atom. The number of carbonyl (C=O) groups excluding carboxylic acids is 1. The first-order valence-electron chi connectivity index (χ1n) is 14.6. The number of carboxylic acids is 1. The first kappa shape index (κ1) is 33.3. The fourth-order valence-corrected chi connectivity index (χ4v) is 7.48. The number of hydrogen-bond donors (Lipinski definition) is 1. The number of aromatic nitrogens is 1. The minimum atomic E-state index is -3.71. The second kappa shape index (κ2) is 12.3. The molecule has 5 rings (SSSR count). The Morgan fingerprint density at radius 2 is 1.84 bits per heavy atom. The SMILES string of the molecule is CC1(Cc2ccc(C(=O)O)cn2)O[C@H](c2cccc(Cl)c2)C(c2ccc(Cl)c(F)c2)N([C@H](CS(=O)(=O)C(C)(C)C)C2CC2)C1=O. The summed E-state index contributed by atoms with van der Waals surface area (Å²) in [5.41, 5.74) is -0.176. The number of halogens is 3. The molecule has 3 aromatic rings. The molecule has 1 aliphatic carbocycles. The second-order valence-corrected chi connectivity index (χ2v) is 16.6. The van der Waals surface area contributed by atoms with Crippen molar-refractivity contribution in [2.45, 2.75) is 75.5 Å². The molecule has 1 saturated heterocycles. The fraction of sp³-hybridized carbons (Fsp3) is 0.424. The molecule has 1 amide bonds. The van der Waals surface area contributed by atoms with E-state index in [0.29, 0.717) is 21.8 Å². The van der Waals surface area contributed by atoms with E-state index in [2.05, 4.69) is 4.98 Å². The highest BCUT2D eigenvalue weighted by Gasteiger charge is 2.56. The largest absolute Gasteiger partial charge is 0.478 e. The summed E-state index contributed by atoms with van der Waals surface area (Å²) in [4.78, 5) is 32.1. The van der Waals surface area contributed by atoms with Crippen molar-refractivity contribution in [2.75, 3.05) is 5.75 Å². The zero-order valence-electron chi connectivity index (χ0n) is 25.3. The van der Waals surface area contributed by atoms with Crippen molar-refractivity contribution in [1.29, 1.82) is 0 Å². The van der Waals surface area contributed by atoms with E-state index in [-0.39, 0.29) is 28.7 Å². The van der Waals surface area contributed by atoms with Crippen molar-refractivity contribution in [1.82, 2.24) is 9.88 Å². The zero-order valence-corrected chi connectivity index (χ0v) is 27.7. The third-order valence-corrected chi connectivity index (χ3v) is 11.7. The molecule has 2 aromatic carbocycles. The number of aromatic carboxylic acids is 1. The molecular formula is C33H35Cl2FN2O6S. The summed E-state index contributed by atoms with van der Waals surface area (Å²) < 4.78 is 48.1. The Hall–Kier alpha value is -3.05. The van der Waals surface area contributed by atoms with Crippen molar-refractivity contribution in [2.24, 2.45) is 5.92 Å². The monoisotopic (exact) mass is 676 g/mol. The molecule has 0 radical (unpaired) electrons. The third kappa shape index (κ3) is 6.89. The van der Waals surface area contributed by atoms with E-state index in [4.69, 9.17) is 27.9 Å². The molecule has 2 heterocycles. The quantitative estimate of drug-likeness (QED) is 0.263. The lowest BCUT2D eigenvalue weighted by Crippen LogP contribution is -2.62. The molecule has 2 aliphatic rings. The summed E-state index contributed by atoms with van der Waals surface area (Å²) in [6.07, 6.45) is 1.73. The first-order chi connectivity index (χ1) is 21.0. The Balaban J connectivity index is 1.70. The van der Waals surface area contributed by atoms with E-state index in [1.807, 2.05) is 0 Å². The van der Waals surface area contributed by atoms with Crippen LogP contribution in [0, 0.1) is 11.7 Å². The number of pyridine rings is 1. The number of hydrogen-bond acceptors (Lipinski definition) is 6. The number of ether oxygens (including phenoxy) is 1. The van der Waals surface area contributed by atoms with Gasteiger partial charge in [0.05, 0.1) is 27.1 Å². The van der Waals surface area contributed by atoms with Crippen LogP contribution in [0.25, 0.3) is 0 Å². The lowest BCUT2D eigenvalue weighted by molar-refractivity contribution is -0.202. The molecule has 2 unspecified atom stereocenters. The van der Waals surface area contributed by atoms with E-state index in [1.165, 1.54) is 30.5 Å². The van der Waals surface area contributed by atoms with E-state index < -0.39 is 56.1 Å². The normalized spacial score (nSPS) is 23.2. The second-order valence-electron chi connectivity index (χ2n) is 13.0. The van der Waals surface area contributed by atoms with Gasteiger partial charge in [-0.25, -0.2) is 17.6 Å². The van der Waals surface area contributed by atoms with E-state index in [9.17, 15) is 23.1 Å². The maximum atomic E-state index is 15.0. The van der Waals surface area contributed by atoms with Gasteiger partial charge in [0.15, 0.2) is 15.4 Å². The number of carboxylic acid groups (broad SMARTS) is 1. The van der Waals surface area contributed by atoms with Crippen LogP contribution in [0.5, 0.6) is 0 Å². The lowest BCUT2D eigenvalue weighted by atomic mass is 9.85. The summed E-state index contributed by atoms with van der Waals surface area (Å²) in [7, 11) is -3.71. The van der Waals surface area contributed by atoms with Crippen LogP contribution in [0.4, 0.5) is 4.39 Å². The predicted molar refractivity (Wildman–Crippen MR) is 170 cm³/mol. The van der Waals surface area contributed by atoms with Gasteiger partial charge in [-0.2, -0.15) is 0 Å². The lowest BCUT2D eigenvalue weighted by Gasteiger charge is -2.52. The van der Waals surface area contributed by atoms with Crippen LogP contribution in [-0.4, -0.2) is 57.4 Å². The van der Waals surface area contributed by atoms with Gasteiger partial charge in [0.25, 0.3) is 5.91 Å². The molecule has 1 saturated carbocycles. The first-order valence-corrected chi connectivity index (χ1v) is 17.0. The van der Waals surface area contributed by atoms with Gasteiger partial charge < -0.3 is 14.7 Å². The average Bonchev–Trinajstić information content (AvgIpc) is 3.80. The molecule has 12 heteroatoms. The molecule has 45 heavy (non-hydrogen) atoms. The molecule has 1 aromatic heterocycles. The fourth-order valence-electron chi connectivity index (χ4n) is 5.78. The van der Waals surface area contributed by atoms with Crippen molar-refractivity contribution < 1.29 is 32.2 Å². The van der Waals surface area contributed by atoms with Crippen LogP contribution in [0.2, 0.25) is 10.0 Å². The summed E-state index contributed by atoms with van der Waals surface area (Å²) >= 11 is 12.5. The highest BCUT2D eigenvalue weighted by molar-refractivity contribution is 7.92. The molecule has 0 bridgehead atoms. The van der Waals surface area contributed by atoms with Gasteiger partial charge in [-0.1, -0.05) is 41.4 Å². The molecule has 8 nitrogen and oxygen atoms in total. The Labute approximate surface area is 272 Å². The molecule has 4 atom stereocenters. The third-order valence-electron chi connectivity index (χ3n) is 8.56. The topological polar surface area (TPSA) is 114 Å². The maximum absolute atomic E-state index is 15.0.